The third kappa shape index (κ3) is 3.43. The molecular weight excluding hydrogens is 374 g/mol. The number of hydrogen-bond acceptors (Lipinski definition) is 5. The lowest BCUT2D eigenvalue weighted by atomic mass is 9.88. The van der Waals surface area contributed by atoms with E-state index in [1.54, 1.807) is 6.07 Å². The fraction of sp³-hybridized carbons (Fsp3) is 0.333. The van der Waals surface area contributed by atoms with Gasteiger partial charge in [-0.15, -0.1) is 0 Å². The van der Waals surface area contributed by atoms with Crippen LogP contribution in [-0.4, -0.2) is 25.6 Å². The quantitative estimate of drug-likeness (QED) is 0.669. The first kappa shape index (κ1) is 19.0. The van der Waals surface area contributed by atoms with Crippen molar-refractivity contribution in [3.8, 4) is 17.2 Å². The van der Waals surface area contributed by atoms with Crippen LogP contribution in [0.4, 0.5) is 14.6 Å². The second kappa shape index (κ2) is 6.74. The molecule has 9 heteroatoms. The summed E-state index contributed by atoms with van der Waals surface area (Å²) in [4.78, 5) is 8.09. The lowest BCUT2D eigenvalue weighted by Gasteiger charge is -2.30. The summed E-state index contributed by atoms with van der Waals surface area (Å²) in [5.74, 6) is -1.36. The Morgan fingerprint density at radius 2 is 1.85 bits per heavy atom. The van der Waals surface area contributed by atoms with Crippen molar-refractivity contribution in [1.82, 2.24) is 19.6 Å². The molecule has 1 atom stereocenters. The number of anilines is 1. The van der Waals surface area contributed by atoms with Crippen LogP contribution in [0.25, 0.3) is 16.9 Å². The van der Waals surface area contributed by atoms with E-state index in [0.717, 1.165) is 12.1 Å². The summed E-state index contributed by atoms with van der Waals surface area (Å²) >= 11 is 6.28. The first-order chi connectivity index (χ1) is 12.6. The Bertz CT molecular complexity index is 1040. The molecule has 27 heavy (non-hydrogen) atoms. The molecule has 140 valence electrons. The van der Waals surface area contributed by atoms with Crippen LogP contribution in [0, 0.1) is 28.4 Å². The molecular formula is C18H17ClF2N6. The van der Waals surface area contributed by atoms with Gasteiger partial charge in [-0.3, -0.25) is 0 Å². The molecule has 0 saturated carbocycles. The fourth-order valence-corrected chi connectivity index (χ4v) is 2.73. The van der Waals surface area contributed by atoms with Crippen LogP contribution in [0.3, 0.4) is 0 Å². The number of aromatic nitrogens is 4. The zero-order valence-electron chi connectivity index (χ0n) is 15.2. The number of halogens is 3. The standard InChI is InChI=1S/C18H17ClF2N6/c1-9(18(2,3)4)25-16-14(15(19)26-17-23-8-24-27(16)17)13-11(20)5-10(7-22)6-12(13)21/h5-6,8-9,25H,1-4H3/t9-/m1/s1. The SMILES string of the molecule is C[C@@H](Nc1c(-c2c(F)cc(C#N)cc2F)c(Cl)nc2ncnn12)C(C)(C)C. The fourth-order valence-electron chi connectivity index (χ4n) is 2.47. The Hall–Kier alpha value is -2.79. The maximum absolute atomic E-state index is 14.7. The van der Waals surface area contributed by atoms with E-state index in [2.05, 4.69) is 20.4 Å². The van der Waals surface area contributed by atoms with Crippen molar-refractivity contribution >= 4 is 23.2 Å². The van der Waals surface area contributed by atoms with Gasteiger partial charge in [-0.2, -0.15) is 24.8 Å². The molecule has 3 rings (SSSR count). The molecule has 0 aliphatic heterocycles. The Balaban J connectivity index is 2.32. The molecule has 1 N–H and O–H groups in total. The van der Waals surface area contributed by atoms with Gasteiger partial charge in [0.25, 0.3) is 5.78 Å². The molecule has 2 aromatic heterocycles. The molecule has 1 aromatic carbocycles. The number of fused-ring (bicyclic) bond motifs is 1. The highest BCUT2D eigenvalue weighted by molar-refractivity contribution is 6.33. The summed E-state index contributed by atoms with van der Waals surface area (Å²) in [6, 6.07) is 3.53. The molecule has 0 spiro atoms. The molecule has 3 aromatic rings. The van der Waals surface area contributed by atoms with Gasteiger partial charge in [0, 0.05) is 6.04 Å². The van der Waals surface area contributed by atoms with Crippen LogP contribution in [0.5, 0.6) is 0 Å². The van der Waals surface area contributed by atoms with Crippen molar-refractivity contribution in [2.45, 2.75) is 33.7 Å². The summed E-state index contributed by atoms with van der Waals surface area (Å²) in [7, 11) is 0. The van der Waals surface area contributed by atoms with Crippen molar-refractivity contribution in [2.75, 3.05) is 5.32 Å². The predicted octanol–water partition coefficient (Wildman–Crippen LogP) is 4.44. The molecule has 0 bridgehead atoms. The van der Waals surface area contributed by atoms with Crippen LogP contribution in [0.15, 0.2) is 18.5 Å². The van der Waals surface area contributed by atoms with Crippen molar-refractivity contribution in [1.29, 1.82) is 5.26 Å². The minimum absolute atomic E-state index is 0.0188. The topological polar surface area (TPSA) is 78.9 Å². The van der Waals surface area contributed by atoms with E-state index in [0.29, 0.717) is 0 Å². The average Bonchev–Trinajstić information content (AvgIpc) is 3.03. The van der Waals surface area contributed by atoms with Gasteiger partial charge in [0.15, 0.2) is 0 Å². The number of benzene rings is 1. The van der Waals surface area contributed by atoms with Gasteiger partial charge in [0.2, 0.25) is 0 Å². The van der Waals surface area contributed by atoms with Gasteiger partial charge in [-0.1, -0.05) is 32.4 Å². The molecule has 0 aliphatic rings. The molecule has 0 fully saturated rings. The predicted molar refractivity (Wildman–Crippen MR) is 98.4 cm³/mol. The minimum atomic E-state index is -0.916. The van der Waals surface area contributed by atoms with Crippen molar-refractivity contribution < 1.29 is 8.78 Å². The van der Waals surface area contributed by atoms with Gasteiger partial charge in [0.05, 0.1) is 22.8 Å². The summed E-state index contributed by atoms with van der Waals surface area (Å²) < 4.78 is 30.7. The maximum atomic E-state index is 14.7. The number of rotatable bonds is 3. The number of nitriles is 1. The third-order valence-corrected chi connectivity index (χ3v) is 4.73. The number of nitrogens with one attached hydrogen (secondary N) is 1. The Labute approximate surface area is 159 Å². The summed E-state index contributed by atoms with van der Waals surface area (Å²) in [6.07, 6.45) is 1.28. The van der Waals surface area contributed by atoms with Crippen LogP contribution in [0.1, 0.15) is 33.3 Å². The van der Waals surface area contributed by atoms with Crippen molar-refractivity contribution in [2.24, 2.45) is 5.41 Å². The van der Waals surface area contributed by atoms with E-state index in [9.17, 15) is 8.78 Å². The van der Waals surface area contributed by atoms with Crippen LogP contribution in [0.2, 0.25) is 5.15 Å². The van der Waals surface area contributed by atoms with Crippen LogP contribution >= 0.6 is 11.6 Å². The minimum Gasteiger partial charge on any atom is -0.366 e. The average molecular weight is 391 g/mol. The molecule has 0 amide bonds. The highest BCUT2D eigenvalue weighted by atomic mass is 35.5. The largest absolute Gasteiger partial charge is 0.366 e. The Morgan fingerprint density at radius 1 is 1.22 bits per heavy atom. The molecule has 0 unspecified atom stereocenters. The van der Waals surface area contributed by atoms with Crippen LogP contribution in [-0.2, 0) is 0 Å². The zero-order chi connectivity index (χ0) is 19.9. The van der Waals surface area contributed by atoms with Crippen molar-refractivity contribution in [3.63, 3.8) is 0 Å². The normalized spacial score (nSPS) is 12.8. The zero-order valence-corrected chi connectivity index (χ0v) is 15.9. The van der Waals surface area contributed by atoms with E-state index in [1.165, 1.54) is 10.8 Å². The first-order valence-electron chi connectivity index (χ1n) is 8.18. The number of hydrogen-bond donors (Lipinski definition) is 1. The summed E-state index contributed by atoms with van der Waals surface area (Å²) in [6.45, 7) is 8.00. The first-order valence-corrected chi connectivity index (χ1v) is 8.56. The van der Waals surface area contributed by atoms with Gasteiger partial charge in [0.1, 0.15) is 28.9 Å². The smallest absolute Gasteiger partial charge is 0.255 e. The summed E-state index contributed by atoms with van der Waals surface area (Å²) in [5, 5.41) is 16.1. The number of nitrogens with zero attached hydrogens (tertiary/aromatic N) is 5. The molecule has 0 saturated heterocycles. The highest BCUT2D eigenvalue weighted by Crippen LogP contribution is 2.38. The van der Waals surface area contributed by atoms with Gasteiger partial charge < -0.3 is 5.32 Å². The Morgan fingerprint density at radius 3 is 2.41 bits per heavy atom. The van der Waals surface area contributed by atoms with E-state index in [1.807, 2.05) is 27.7 Å². The van der Waals surface area contributed by atoms with Gasteiger partial charge in [-0.25, -0.2) is 8.78 Å². The molecule has 2 heterocycles. The molecule has 0 aliphatic carbocycles. The van der Waals surface area contributed by atoms with Gasteiger partial charge in [-0.05, 0) is 24.5 Å². The monoisotopic (exact) mass is 390 g/mol. The van der Waals surface area contributed by atoms with E-state index >= 15 is 0 Å². The van der Waals surface area contributed by atoms with Crippen molar-refractivity contribution in [3.05, 3.63) is 40.8 Å². The third-order valence-electron chi connectivity index (χ3n) is 4.46. The second-order valence-electron chi connectivity index (χ2n) is 7.26. The van der Waals surface area contributed by atoms with Crippen LogP contribution < -0.4 is 5.32 Å². The van der Waals surface area contributed by atoms with E-state index in [4.69, 9.17) is 16.9 Å². The highest BCUT2D eigenvalue weighted by Gasteiger charge is 2.27. The lowest BCUT2D eigenvalue weighted by Crippen LogP contribution is -2.32. The van der Waals surface area contributed by atoms with E-state index < -0.39 is 11.6 Å². The van der Waals surface area contributed by atoms with Gasteiger partial charge >= 0.3 is 0 Å². The molecule has 6 nitrogen and oxygen atoms in total. The summed E-state index contributed by atoms with van der Waals surface area (Å²) in [5.41, 5.74) is -0.656. The molecule has 0 radical (unpaired) electrons. The lowest BCUT2D eigenvalue weighted by molar-refractivity contribution is 0.358. The second-order valence-corrected chi connectivity index (χ2v) is 7.61. The van der Waals surface area contributed by atoms with E-state index in [-0.39, 0.29) is 44.9 Å². The maximum Gasteiger partial charge on any atom is 0.255 e. The Kier molecular flexibility index (Phi) is 4.74.